The van der Waals surface area contributed by atoms with Crippen LogP contribution in [0, 0.1) is 17.2 Å². The van der Waals surface area contributed by atoms with E-state index in [0.29, 0.717) is 5.92 Å². The second kappa shape index (κ2) is 5.72. The highest BCUT2D eigenvalue weighted by molar-refractivity contribution is 7.99. The largest absolute Gasteiger partial charge is 0.302 e. The number of thioether (sulfide) groups is 1. The van der Waals surface area contributed by atoms with E-state index in [1.54, 1.807) is 22.8 Å². The maximum Gasteiger partial charge on any atom is 0.185 e. The van der Waals surface area contributed by atoms with Crippen molar-refractivity contribution in [3.8, 4) is 6.07 Å². The van der Waals surface area contributed by atoms with E-state index in [0.717, 1.165) is 36.6 Å². The minimum Gasteiger partial charge on any atom is -0.302 e. The standard InChI is InChI=1S/C12H19N5S/c1-14-12(8-13)6-3-4-10(12)5-7-18-11-15-9-16-17(11)2/h9-10,14H,3-7H2,1-2H3. The zero-order valence-corrected chi connectivity index (χ0v) is 11.7. The zero-order chi connectivity index (χ0) is 13.0. The molecule has 0 amide bonds. The van der Waals surface area contributed by atoms with Crippen molar-refractivity contribution in [3.05, 3.63) is 6.33 Å². The number of rotatable bonds is 5. The van der Waals surface area contributed by atoms with Crippen LogP contribution in [0.3, 0.4) is 0 Å². The third kappa shape index (κ3) is 2.52. The summed E-state index contributed by atoms with van der Waals surface area (Å²) in [5, 5.41) is 17.6. The summed E-state index contributed by atoms with van der Waals surface area (Å²) in [4.78, 5) is 4.19. The first-order valence-corrected chi connectivity index (χ1v) is 7.27. The highest BCUT2D eigenvalue weighted by atomic mass is 32.2. The van der Waals surface area contributed by atoms with Crippen LogP contribution in [0.25, 0.3) is 0 Å². The molecule has 1 saturated carbocycles. The predicted molar refractivity (Wildman–Crippen MR) is 71.1 cm³/mol. The fraction of sp³-hybridized carbons (Fsp3) is 0.750. The first-order chi connectivity index (χ1) is 8.72. The van der Waals surface area contributed by atoms with Crippen LogP contribution in [0.1, 0.15) is 25.7 Å². The normalized spacial score (nSPS) is 27.3. The number of nitrogens with one attached hydrogen (secondary N) is 1. The van der Waals surface area contributed by atoms with Crippen LogP contribution in [0.5, 0.6) is 0 Å². The van der Waals surface area contributed by atoms with E-state index >= 15 is 0 Å². The third-order valence-electron chi connectivity index (χ3n) is 3.83. The Morgan fingerprint density at radius 2 is 2.56 bits per heavy atom. The van der Waals surface area contributed by atoms with E-state index in [-0.39, 0.29) is 5.54 Å². The highest BCUT2D eigenvalue weighted by Crippen LogP contribution is 2.38. The molecule has 98 valence electrons. The van der Waals surface area contributed by atoms with Gasteiger partial charge in [0.05, 0.1) is 6.07 Å². The van der Waals surface area contributed by atoms with Gasteiger partial charge in [0, 0.05) is 12.8 Å². The predicted octanol–water partition coefficient (Wildman–Crippen LogP) is 1.58. The van der Waals surface area contributed by atoms with Gasteiger partial charge in [-0.2, -0.15) is 10.4 Å². The molecule has 2 rings (SSSR count). The van der Waals surface area contributed by atoms with Crippen LogP contribution in [-0.4, -0.2) is 33.1 Å². The zero-order valence-electron chi connectivity index (χ0n) is 10.9. The van der Waals surface area contributed by atoms with Gasteiger partial charge in [0.25, 0.3) is 0 Å². The number of nitrogens with zero attached hydrogens (tertiary/aromatic N) is 4. The number of aromatic nitrogens is 3. The van der Waals surface area contributed by atoms with Crippen LogP contribution in [0.15, 0.2) is 11.5 Å². The lowest BCUT2D eigenvalue weighted by atomic mass is 9.87. The topological polar surface area (TPSA) is 66.5 Å². The number of nitriles is 1. The Balaban J connectivity index is 1.87. The van der Waals surface area contributed by atoms with Gasteiger partial charge in [0.1, 0.15) is 11.9 Å². The van der Waals surface area contributed by atoms with E-state index in [1.807, 2.05) is 14.1 Å². The van der Waals surface area contributed by atoms with Gasteiger partial charge in [-0.1, -0.05) is 18.2 Å². The van der Waals surface area contributed by atoms with Crippen LogP contribution >= 0.6 is 11.8 Å². The van der Waals surface area contributed by atoms with Gasteiger partial charge in [-0.25, -0.2) is 9.67 Å². The fourth-order valence-corrected chi connectivity index (χ4v) is 3.65. The summed E-state index contributed by atoms with van der Waals surface area (Å²) in [5.74, 6) is 1.44. The van der Waals surface area contributed by atoms with Crippen LogP contribution in [-0.2, 0) is 7.05 Å². The Labute approximate surface area is 112 Å². The molecule has 1 aliphatic rings. The van der Waals surface area contributed by atoms with Crippen molar-refractivity contribution in [2.24, 2.45) is 13.0 Å². The summed E-state index contributed by atoms with van der Waals surface area (Å²) >= 11 is 1.71. The van der Waals surface area contributed by atoms with Crippen molar-refractivity contribution in [2.75, 3.05) is 12.8 Å². The van der Waals surface area contributed by atoms with E-state index in [4.69, 9.17) is 0 Å². The lowest BCUT2D eigenvalue weighted by Crippen LogP contribution is -2.44. The minimum atomic E-state index is -0.305. The molecule has 0 aromatic carbocycles. The molecule has 6 heteroatoms. The smallest absolute Gasteiger partial charge is 0.185 e. The second-order valence-corrected chi connectivity index (χ2v) is 5.79. The quantitative estimate of drug-likeness (QED) is 0.819. The summed E-state index contributed by atoms with van der Waals surface area (Å²) in [5.41, 5.74) is -0.305. The maximum atomic E-state index is 9.37. The Morgan fingerprint density at radius 3 is 3.17 bits per heavy atom. The Kier molecular flexibility index (Phi) is 4.25. The molecule has 2 unspecified atom stereocenters. The van der Waals surface area contributed by atoms with E-state index < -0.39 is 0 Å². The molecule has 5 nitrogen and oxygen atoms in total. The summed E-state index contributed by atoms with van der Waals surface area (Å²) in [6.45, 7) is 0. The molecule has 1 aromatic heterocycles. The van der Waals surface area contributed by atoms with Crippen LogP contribution in [0.4, 0.5) is 0 Å². The molecule has 1 heterocycles. The molecule has 18 heavy (non-hydrogen) atoms. The molecule has 1 fully saturated rings. The minimum absolute atomic E-state index is 0.305. The molecular weight excluding hydrogens is 246 g/mol. The fourth-order valence-electron chi connectivity index (χ4n) is 2.71. The summed E-state index contributed by atoms with van der Waals surface area (Å²) < 4.78 is 1.79. The average molecular weight is 265 g/mol. The van der Waals surface area contributed by atoms with Crippen LogP contribution in [0.2, 0.25) is 0 Å². The third-order valence-corrected chi connectivity index (χ3v) is 4.90. The summed E-state index contributed by atoms with van der Waals surface area (Å²) in [7, 11) is 3.80. The molecule has 1 N–H and O–H groups in total. The Hall–Kier alpha value is -1.06. The number of hydrogen-bond acceptors (Lipinski definition) is 5. The highest BCUT2D eigenvalue weighted by Gasteiger charge is 2.41. The van der Waals surface area contributed by atoms with Gasteiger partial charge in [0.2, 0.25) is 0 Å². The van der Waals surface area contributed by atoms with Gasteiger partial charge >= 0.3 is 0 Å². The molecule has 0 aliphatic heterocycles. The average Bonchev–Trinajstić information content (AvgIpc) is 2.97. The SMILES string of the molecule is CNC1(C#N)CCCC1CCSc1ncnn1C. The number of hydrogen-bond donors (Lipinski definition) is 1. The molecule has 0 spiro atoms. The molecule has 0 bridgehead atoms. The maximum absolute atomic E-state index is 9.37. The van der Waals surface area contributed by atoms with Gasteiger partial charge in [-0.15, -0.1) is 0 Å². The Morgan fingerprint density at radius 1 is 1.72 bits per heavy atom. The van der Waals surface area contributed by atoms with Crippen molar-refractivity contribution in [1.29, 1.82) is 5.26 Å². The molecule has 0 saturated heterocycles. The molecule has 2 atom stereocenters. The lowest BCUT2D eigenvalue weighted by molar-refractivity contribution is 0.332. The van der Waals surface area contributed by atoms with Gasteiger partial charge in [-0.3, -0.25) is 0 Å². The van der Waals surface area contributed by atoms with Crippen molar-refractivity contribution >= 4 is 11.8 Å². The van der Waals surface area contributed by atoms with Crippen molar-refractivity contribution in [3.63, 3.8) is 0 Å². The van der Waals surface area contributed by atoms with Crippen LogP contribution < -0.4 is 5.32 Å². The first kappa shape index (κ1) is 13.4. The second-order valence-electron chi connectivity index (χ2n) is 4.73. The molecule has 1 aromatic rings. The van der Waals surface area contributed by atoms with Crippen molar-refractivity contribution in [2.45, 2.75) is 36.4 Å². The van der Waals surface area contributed by atoms with E-state index in [9.17, 15) is 5.26 Å². The van der Waals surface area contributed by atoms with Gasteiger partial charge in [0.15, 0.2) is 5.16 Å². The number of aryl methyl sites for hydroxylation is 1. The van der Waals surface area contributed by atoms with Gasteiger partial charge < -0.3 is 5.32 Å². The van der Waals surface area contributed by atoms with E-state index in [2.05, 4.69) is 21.5 Å². The van der Waals surface area contributed by atoms with Crippen molar-refractivity contribution < 1.29 is 0 Å². The summed E-state index contributed by atoms with van der Waals surface area (Å²) in [6, 6.07) is 2.48. The lowest BCUT2D eigenvalue weighted by Gasteiger charge is -2.27. The first-order valence-electron chi connectivity index (χ1n) is 6.29. The van der Waals surface area contributed by atoms with E-state index in [1.165, 1.54) is 0 Å². The van der Waals surface area contributed by atoms with Crippen molar-refractivity contribution in [1.82, 2.24) is 20.1 Å². The molecular formula is C12H19N5S. The summed E-state index contributed by atoms with van der Waals surface area (Å²) in [6.07, 6.45) is 5.89. The molecule has 1 aliphatic carbocycles. The monoisotopic (exact) mass is 265 g/mol. The Bertz CT molecular complexity index is 438. The van der Waals surface area contributed by atoms with Gasteiger partial charge in [-0.05, 0) is 32.2 Å². The molecule has 0 radical (unpaired) electrons.